The van der Waals surface area contributed by atoms with Crippen molar-refractivity contribution in [2.75, 3.05) is 5.32 Å². The van der Waals surface area contributed by atoms with E-state index >= 15 is 0 Å². The molecule has 1 heterocycles. The number of nitrogens with one attached hydrogen (secondary N) is 1. The van der Waals surface area contributed by atoms with E-state index in [1.165, 1.54) is 0 Å². The first-order chi connectivity index (χ1) is 9.96. The van der Waals surface area contributed by atoms with E-state index in [1.54, 1.807) is 17.1 Å². The first-order valence-corrected chi connectivity index (χ1v) is 6.75. The molecule has 1 unspecified atom stereocenters. The van der Waals surface area contributed by atoms with Crippen LogP contribution in [0.1, 0.15) is 26.2 Å². The smallest absolute Gasteiger partial charge is 0.381 e. The number of aromatic nitrogens is 3. The van der Waals surface area contributed by atoms with E-state index in [0.29, 0.717) is 6.42 Å². The van der Waals surface area contributed by atoms with Crippen molar-refractivity contribution in [3.63, 3.8) is 0 Å². The average Bonchev–Trinajstić information content (AvgIpc) is 2.91. The van der Waals surface area contributed by atoms with E-state index in [-0.39, 0.29) is 12.5 Å². The topological polar surface area (TPSA) is 42.7 Å². The Balaban J connectivity index is 1.97. The Hall–Kier alpha value is -2.05. The predicted molar refractivity (Wildman–Crippen MR) is 74.3 cm³/mol. The fraction of sp³-hybridized carbons (Fsp3) is 0.429. The third-order valence-electron chi connectivity index (χ3n) is 3.07. The SMILES string of the molecule is CC(CCCC(F)(F)F)Nc1ccccc1-n1ccnn1. The normalized spacial score (nSPS) is 13.1. The van der Waals surface area contributed by atoms with Crippen molar-refractivity contribution in [1.29, 1.82) is 0 Å². The van der Waals surface area contributed by atoms with Gasteiger partial charge in [-0.05, 0) is 31.9 Å². The minimum absolute atomic E-state index is 0.0583. The lowest BCUT2D eigenvalue weighted by molar-refractivity contribution is -0.135. The van der Waals surface area contributed by atoms with Gasteiger partial charge in [0.2, 0.25) is 0 Å². The summed E-state index contributed by atoms with van der Waals surface area (Å²) in [7, 11) is 0. The van der Waals surface area contributed by atoms with Gasteiger partial charge in [-0.2, -0.15) is 13.2 Å². The van der Waals surface area contributed by atoms with E-state index in [2.05, 4.69) is 15.6 Å². The van der Waals surface area contributed by atoms with Gasteiger partial charge in [-0.25, -0.2) is 4.68 Å². The number of nitrogens with zero attached hydrogens (tertiary/aromatic N) is 3. The molecule has 114 valence electrons. The fourth-order valence-corrected chi connectivity index (χ4v) is 2.08. The second-order valence-corrected chi connectivity index (χ2v) is 4.92. The van der Waals surface area contributed by atoms with E-state index in [9.17, 15) is 13.2 Å². The molecule has 0 saturated heterocycles. The zero-order valence-electron chi connectivity index (χ0n) is 11.6. The molecule has 0 saturated carbocycles. The van der Waals surface area contributed by atoms with Gasteiger partial charge in [0.05, 0.1) is 23.8 Å². The third kappa shape index (κ3) is 4.77. The van der Waals surface area contributed by atoms with E-state index < -0.39 is 12.6 Å². The maximum absolute atomic E-state index is 12.1. The molecule has 2 rings (SSSR count). The standard InChI is InChI=1S/C14H17F3N4/c1-11(5-4-8-14(15,16)17)19-12-6-2-3-7-13(12)21-10-9-18-20-21/h2-3,6-7,9-11,19H,4-5,8H2,1H3. The molecule has 4 nitrogen and oxygen atoms in total. The molecule has 0 bridgehead atoms. The summed E-state index contributed by atoms with van der Waals surface area (Å²) in [5.41, 5.74) is 1.64. The number of para-hydroxylation sites is 2. The Morgan fingerprint density at radius 1 is 1.29 bits per heavy atom. The van der Waals surface area contributed by atoms with Crippen molar-refractivity contribution < 1.29 is 13.2 Å². The summed E-state index contributed by atoms with van der Waals surface area (Å²) in [6, 6.07) is 7.43. The van der Waals surface area contributed by atoms with Gasteiger partial charge in [-0.3, -0.25) is 0 Å². The molecule has 0 amide bonds. The van der Waals surface area contributed by atoms with Crippen molar-refractivity contribution >= 4 is 5.69 Å². The molecular formula is C14H17F3N4. The van der Waals surface area contributed by atoms with E-state index in [0.717, 1.165) is 11.4 Å². The second kappa shape index (κ2) is 6.60. The van der Waals surface area contributed by atoms with Crippen LogP contribution in [0.4, 0.5) is 18.9 Å². The van der Waals surface area contributed by atoms with Crippen LogP contribution >= 0.6 is 0 Å². The van der Waals surface area contributed by atoms with E-state index in [1.807, 2.05) is 31.2 Å². The Labute approximate surface area is 121 Å². The number of alkyl halides is 3. The van der Waals surface area contributed by atoms with Gasteiger partial charge >= 0.3 is 6.18 Å². The molecule has 0 spiro atoms. The van der Waals surface area contributed by atoms with Crippen molar-refractivity contribution in [2.45, 2.75) is 38.4 Å². The van der Waals surface area contributed by atoms with Crippen molar-refractivity contribution in [3.05, 3.63) is 36.7 Å². The van der Waals surface area contributed by atoms with Crippen LogP contribution in [0.3, 0.4) is 0 Å². The minimum atomic E-state index is -4.08. The highest BCUT2D eigenvalue weighted by atomic mass is 19.4. The monoisotopic (exact) mass is 298 g/mol. The molecule has 2 aromatic rings. The van der Waals surface area contributed by atoms with Crippen LogP contribution in [-0.2, 0) is 0 Å². The lowest BCUT2D eigenvalue weighted by Crippen LogP contribution is -2.18. The quantitative estimate of drug-likeness (QED) is 0.882. The number of anilines is 1. The first kappa shape index (κ1) is 15.3. The van der Waals surface area contributed by atoms with Crippen LogP contribution in [-0.4, -0.2) is 27.2 Å². The van der Waals surface area contributed by atoms with Crippen LogP contribution in [0.2, 0.25) is 0 Å². The van der Waals surface area contributed by atoms with Gasteiger partial charge in [0.25, 0.3) is 0 Å². The van der Waals surface area contributed by atoms with Crippen LogP contribution in [0.15, 0.2) is 36.7 Å². The van der Waals surface area contributed by atoms with Crippen LogP contribution < -0.4 is 5.32 Å². The van der Waals surface area contributed by atoms with Crippen molar-refractivity contribution in [1.82, 2.24) is 15.0 Å². The number of halogens is 3. The highest BCUT2D eigenvalue weighted by molar-refractivity contribution is 5.60. The van der Waals surface area contributed by atoms with Gasteiger partial charge in [-0.15, -0.1) is 5.10 Å². The van der Waals surface area contributed by atoms with E-state index in [4.69, 9.17) is 0 Å². The third-order valence-corrected chi connectivity index (χ3v) is 3.07. The fourth-order valence-electron chi connectivity index (χ4n) is 2.08. The summed E-state index contributed by atoms with van der Waals surface area (Å²) in [6.45, 7) is 1.87. The minimum Gasteiger partial charge on any atom is -0.381 e. The number of rotatable bonds is 6. The first-order valence-electron chi connectivity index (χ1n) is 6.75. The molecule has 1 aromatic carbocycles. The van der Waals surface area contributed by atoms with Crippen LogP contribution in [0.5, 0.6) is 0 Å². The average molecular weight is 298 g/mol. The molecule has 1 atom stereocenters. The van der Waals surface area contributed by atoms with Gasteiger partial charge in [0.1, 0.15) is 0 Å². The molecule has 21 heavy (non-hydrogen) atoms. The summed E-state index contributed by atoms with van der Waals surface area (Å²) in [6.07, 6.45) is -0.977. The van der Waals surface area contributed by atoms with Gasteiger partial charge in [0, 0.05) is 12.5 Å². The number of hydrogen-bond acceptors (Lipinski definition) is 3. The highest BCUT2D eigenvalue weighted by Gasteiger charge is 2.26. The number of benzene rings is 1. The molecule has 0 fully saturated rings. The molecule has 1 N–H and O–H groups in total. The van der Waals surface area contributed by atoms with Gasteiger partial charge in [0.15, 0.2) is 0 Å². The summed E-state index contributed by atoms with van der Waals surface area (Å²) in [4.78, 5) is 0. The summed E-state index contributed by atoms with van der Waals surface area (Å²) in [5, 5.41) is 10.9. The molecule has 0 aliphatic carbocycles. The summed E-state index contributed by atoms with van der Waals surface area (Å²) < 4.78 is 38.0. The second-order valence-electron chi connectivity index (χ2n) is 4.92. The van der Waals surface area contributed by atoms with Gasteiger partial charge in [-0.1, -0.05) is 17.3 Å². The molecule has 0 radical (unpaired) electrons. The lowest BCUT2D eigenvalue weighted by Gasteiger charge is -2.18. The largest absolute Gasteiger partial charge is 0.389 e. The van der Waals surface area contributed by atoms with Crippen molar-refractivity contribution in [2.24, 2.45) is 0 Å². The Morgan fingerprint density at radius 2 is 2.05 bits per heavy atom. The molecule has 1 aromatic heterocycles. The molecule has 0 aliphatic heterocycles. The maximum Gasteiger partial charge on any atom is 0.389 e. The zero-order valence-corrected chi connectivity index (χ0v) is 11.6. The van der Waals surface area contributed by atoms with Crippen LogP contribution in [0, 0.1) is 0 Å². The highest BCUT2D eigenvalue weighted by Crippen LogP contribution is 2.24. The predicted octanol–water partition coefficient (Wildman–Crippen LogP) is 3.80. The Morgan fingerprint density at radius 3 is 2.71 bits per heavy atom. The molecule has 7 heteroatoms. The van der Waals surface area contributed by atoms with Crippen LogP contribution in [0.25, 0.3) is 5.69 Å². The Kier molecular flexibility index (Phi) is 4.82. The molecule has 0 aliphatic rings. The lowest BCUT2D eigenvalue weighted by atomic mass is 10.1. The Bertz CT molecular complexity index is 552. The maximum atomic E-state index is 12.1. The van der Waals surface area contributed by atoms with Crippen molar-refractivity contribution in [3.8, 4) is 5.69 Å². The molecular weight excluding hydrogens is 281 g/mol. The van der Waals surface area contributed by atoms with Gasteiger partial charge < -0.3 is 5.32 Å². The summed E-state index contributed by atoms with van der Waals surface area (Å²) >= 11 is 0. The summed E-state index contributed by atoms with van der Waals surface area (Å²) in [5.74, 6) is 0. The zero-order chi connectivity index (χ0) is 15.3. The number of hydrogen-bond donors (Lipinski definition) is 1.